The van der Waals surface area contributed by atoms with E-state index in [1.54, 1.807) is 0 Å². The highest BCUT2D eigenvalue weighted by Gasteiger charge is 2.31. The number of hydrogen-bond acceptors (Lipinski definition) is 2. The summed E-state index contributed by atoms with van der Waals surface area (Å²) in [5.74, 6) is 0.886. The molecule has 0 radical (unpaired) electrons. The number of nitrogens with zero attached hydrogens (tertiary/aromatic N) is 1. The molecule has 1 N–H and O–H groups in total. The number of carboxylic acid groups (broad SMARTS) is 1. The smallest absolute Gasteiger partial charge is 0.320 e. The van der Waals surface area contributed by atoms with Gasteiger partial charge >= 0.3 is 5.97 Å². The van der Waals surface area contributed by atoms with Gasteiger partial charge in [0.2, 0.25) is 0 Å². The third-order valence-corrected chi connectivity index (χ3v) is 4.66. The predicted octanol–water partition coefficient (Wildman–Crippen LogP) is 2.75. The maximum Gasteiger partial charge on any atom is 0.320 e. The molecule has 0 aromatic heterocycles. The minimum Gasteiger partial charge on any atom is -0.480 e. The highest BCUT2D eigenvalue weighted by atomic mass is 16.4. The van der Waals surface area contributed by atoms with Crippen LogP contribution in [-0.4, -0.2) is 35.1 Å². The predicted molar refractivity (Wildman–Crippen MR) is 68.0 cm³/mol. The summed E-state index contributed by atoms with van der Waals surface area (Å²) in [6.45, 7) is 4.34. The molecular formula is C14H25NO2. The second-order valence-electron chi connectivity index (χ2n) is 5.87. The molecule has 98 valence electrons. The van der Waals surface area contributed by atoms with Gasteiger partial charge in [0.1, 0.15) is 6.04 Å². The van der Waals surface area contributed by atoms with Gasteiger partial charge in [0.25, 0.3) is 0 Å². The lowest BCUT2D eigenvalue weighted by molar-refractivity contribution is -0.145. The van der Waals surface area contributed by atoms with Crippen molar-refractivity contribution in [3.8, 4) is 0 Å². The number of likely N-dealkylation sites (tertiary alicyclic amines) is 1. The fourth-order valence-corrected chi connectivity index (χ4v) is 3.45. The van der Waals surface area contributed by atoms with Crippen LogP contribution in [0.15, 0.2) is 0 Å². The van der Waals surface area contributed by atoms with Gasteiger partial charge in [0.15, 0.2) is 0 Å². The molecule has 1 saturated heterocycles. The van der Waals surface area contributed by atoms with E-state index in [0.29, 0.717) is 0 Å². The first-order valence-electron chi connectivity index (χ1n) is 7.15. The van der Waals surface area contributed by atoms with Gasteiger partial charge < -0.3 is 5.11 Å². The highest BCUT2D eigenvalue weighted by Crippen LogP contribution is 2.31. The second kappa shape index (κ2) is 5.85. The van der Waals surface area contributed by atoms with Crippen molar-refractivity contribution in [2.45, 2.75) is 57.9 Å². The van der Waals surface area contributed by atoms with Gasteiger partial charge in [-0.3, -0.25) is 9.69 Å². The molecule has 0 aromatic rings. The van der Waals surface area contributed by atoms with Crippen molar-refractivity contribution in [2.24, 2.45) is 11.8 Å². The Morgan fingerprint density at radius 1 is 1.18 bits per heavy atom. The molecule has 3 atom stereocenters. The van der Waals surface area contributed by atoms with E-state index >= 15 is 0 Å². The van der Waals surface area contributed by atoms with Crippen LogP contribution in [0.25, 0.3) is 0 Å². The molecule has 0 amide bonds. The van der Waals surface area contributed by atoms with E-state index in [-0.39, 0.29) is 6.04 Å². The SMILES string of the molecule is CC1CCCCC1CN1CCCCC1C(=O)O. The molecule has 2 rings (SSSR count). The van der Waals surface area contributed by atoms with Gasteiger partial charge in [-0.05, 0) is 37.6 Å². The third-order valence-electron chi connectivity index (χ3n) is 4.66. The van der Waals surface area contributed by atoms with Crippen LogP contribution >= 0.6 is 0 Å². The molecule has 17 heavy (non-hydrogen) atoms. The van der Waals surface area contributed by atoms with E-state index in [2.05, 4.69) is 11.8 Å². The first-order chi connectivity index (χ1) is 8.18. The summed E-state index contributed by atoms with van der Waals surface area (Å²) in [6, 6.07) is -0.210. The third kappa shape index (κ3) is 3.21. The van der Waals surface area contributed by atoms with Crippen LogP contribution < -0.4 is 0 Å². The molecule has 2 fully saturated rings. The van der Waals surface area contributed by atoms with Crippen LogP contribution in [0.4, 0.5) is 0 Å². The Morgan fingerprint density at radius 3 is 2.59 bits per heavy atom. The van der Waals surface area contributed by atoms with E-state index in [9.17, 15) is 9.90 Å². The largest absolute Gasteiger partial charge is 0.480 e. The molecule has 0 spiro atoms. The number of hydrogen-bond donors (Lipinski definition) is 1. The van der Waals surface area contributed by atoms with Crippen molar-refractivity contribution in [2.75, 3.05) is 13.1 Å². The van der Waals surface area contributed by atoms with Crippen LogP contribution in [0.2, 0.25) is 0 Å². The Balaban J connectivity index is 1.92. The molecule has 1 heterocycles. The number of aliphatic carboxylic acids is 1. The first kappa shape index (κ1) is 12.9. The normalized spacial score (nSPS) is 35.7. The van der Waals surface area contributed by atoms with Crippen LogP contribution in [0.1, 0.15) is 51.9 Å². The molecule has 0 bridgehead atoms. The summed E-state index contributed by atoms with van der Waals surface area (Å²) in [4.78, 5) is 13.5. The van der Waals surface area contributed by atoms with Crippen molar-refractivity contribution in [1.82, 2.24) is 4.90 Å². The standard InChI is InChI=1S/C14H25NO2/c1-11-6-2-3-7-12(11)10-15-9-5-4-8-13(15)14(16)17/h11-13H,2-10H2,1H3,(H,16,17). The summed E-state index contributed by atoms with van der Waals surface area (Å²) in [6.07, 6.45) is 8.41. The van der Waals surface area contributed by atoms with Crippen LogP contribution in [0, 0.1) is 11.8 Å². The van der Waals surface area contributed by atoms with E-state index in [0.717, 1.165) is 37.8 Å². The minimum absolute atomic E-state index is 0.210. The van der Waals surface area contributed by atoms with Crippen molar-refractivity contribution in [3.05, 3.63) is 0 Å². The fraction of sp³-hybridized carbons (Fsp3) is 0.929. The van der Waals surface area contributed by atoms with Gasteiger partial charge in [-0.25, -0.2) is 0 Å². The lowest BCUT2D eigenvalue weighted by Crippen LogP contribution is -2.47. The second-order valence-corrected chi connectivity index (χ2v) is 5.87. The van der Waals surface area contributed by atoms with Crippen LogP contribution in [0.3, 0.4) is 0 Å². The highest BCUT2D eigenvalue weighted by molar-refractivity contribution is 5.73. The Hall–Kier alpha value is -0.570. The molecule has 3 heteroatoms. The van der Waals surface area contributed by atoms with Gasteiger partial charge in [-0.2, -0.15) is 0 Å². The summed E-state index contributed by atoms with van der Waals surface area (Å²) < 4.78 is 0. The average molecular weight is 239 g/mol. The Kier molecular flexibility index (Phi) is 4.43. The molecule has 1 saturated carbocycles. The van der Waals surface area contributed by atoms with Gasteiger partial charge in [0, 0.05) is 6.54 Å². The van der Waals surface area contributed by atoms with Crippen molar-refractivity contribution >= 4 is 5.97 Å². The zero-order chi connectivity index (χ0) is 12.3. The number of rotatable bonds is 3. The zero-order valence-electron chi connectivity index (χ0n) is 10.9. The average Bonchev–Trinajstić information content (AvgIpc) is 2.32. The lowest BCUT2D eigenvalue weighted by Gasteiger charge is -2.38. The Bertz CT molecular complexity index is 267. The monoisotopic (exact) mass is 239 g/mol. The van der Waals surface area contributed by atoms with Crippen LogP contribution in [-0.2, 0) is 4.79 Å². The summed E-state index contributed by atoms with van der Waals surface area (Å²) in [5.41, 5.74) is 0. The lowest BCUT2D eigenvalue weighted by atomic mass is 9.79. The Labute approximate surface area is 104 Å². The number of carboxylic acids is 1. The first-order valence-corrected chi connectivity index (χ1v) is 7.15. The molecule has 2 aliphatic rings. The molecule has 3 unspecified atom stereocenters. The van der Waals surface area contributed by atoms with Gasteiger partial charge in [-0.15, -0.1) is 0 Å². The Morgan fingerprint density at radius 2 is 1.88 bits per heavy atom. The fourth-order valence-electron chi connectivity index (χ4n) is 3.45. The topological polar surface area (TPSA) is 40.5 Å². The molecular weight excluding hydrogens is 214 g/mol. The van der Waals surface area contributed by atoms with Gasteiger partial charge in [0.05, 0.1) is 0 Å². The van der Waals surface area contributed by atoms with Crippen molar-refractivity contribution in [3.63, 3.8) is 0 Å². The number of carbonyl (C=O) groups is 1. The zero-order valence-corrected chi connectivity index (χ0v) is 10.9. The molecule has 1 aliphatic carbocycles. The molecule has 1 aliphatic heterocycles. The molecule has 3 nitrogen and oxygen atoms in total. The number of piperidine rings is 1. The maximum absolute atomic E-state index is 11.2. The quantitative estimate of drug-likeness (QED) is 0.823. The maximum atomic E-state index is 11.2. The van der Waals surface area contributed by atoms with Crippen molar-refractivity contribution in [1.29, 1.82) is 0 Å². The van der Waals surface area contributed by atoms with Crippen molar-refractivity contribution < 1.29 is 9.90 Å². The van der Waals surface area contributed by atoms with E-state index < -0.39 is 5.97 Å². The van der Waals surface area contributed by atoms with E-state index in [4.69, 9.17) is 0 Å². The van der Waals surface area contributed by atoms with Crippen LogP contribution in [0.5, 0.6) is 0 Å². The summed E-state index contributed by atoms with van der Waals surface area (Å²) in [7, 11) is 0. The minimum atomic E-state index is -0.617. The van der Waals surface area contributed by atoms with Gasteiger partial charge in [-0.1, -0.05) is 32.6 Å². The van der Waals surface area contributed by atoms with E-state index in [1.165, 1.54) is 32.1 Å². The summed E-state index contributed by atoms with van der Waals surface area (Å²) in [5, 5.41) is 9.26. The molecule has 0 aromatic carbocycles. The van der Waals surface area contributed by atoms with E-state index in [1.807, 2.05) is 0 Å². The summed E-state index contributed by atoms with van der Waals surface area (Å²) >= 11 is 0.